The van der Waals surface area contributed by atoms with Gasteiger partial charge in [-0.2, -0.15) is 13.2 Å². The number of pyridine rings is 1. The molecule has 0 fully saturated rings. The van der Waals surface area contributed by atoms with E-state index < -0.39 is 17.6 Å². The van der Waals surface area contributed by atoms with E-state index in [1.807, 2.05) is 0 Å². The van der Waals surface area contributed by atoms with Gasteiger partial charge in [0.1, 0.15) is 22.6 Å². The number of alkyl halides is 3. The average Bonchev–Trinajstić information content (AvgIpc) is 2.95. The van der Waals surface area contributed by atoms with Crippen molar-refractivity contribution in [2.45, 2.75) is 35.7 Å². The highest BCUT2D eigenvalue weighted by Crippen LogP contribution is 2.37. The molecule has 142 valence electrons. The van der Waals surface area contributed by atoms with Crippen molar-refractivity contribution < 1.29 is 22.4 Å². The Balaban J connectivity index is 2.00. The van der Waals surface area contributed by atoms with Gasteiger partial charge in [0, 0.05) is 19.2 Å². The first-order valence-electron chi connectivity index (χ1n) is 7.80. The van der Waals surface area contributed by atoms with Crippen LogP contribution in [0.1, 0.15) is 18.4 Å². The van der Waals surface area contributed by atoms with E-state index in [2.05, 4.69) is 9.97 Å². The number of fused-ring (bicyclic) bond motifs is 1. The number of nitrogens with zero attached hydrogens (tertiary/aromatic N) is 3. The topological polar surface area (TPSA) is 47.8 Å². The van der Waals surface area contributed by atoms with Crippen molar-refractivity contribution in [1.29, 1.82) is 0 Å². The molecular weight excluding hydrogens is 406 g/mol. The van der Waals surface area contributed by atoms with Gasteiger partial charge in [0.05, 0.1) is 16.1 Å². The van der Waals surface area contributed by atoms with Crippen molar-refractivity contribution in [2.24, 2.45) is 0 Å². The Morgan fingerprint density at radius 1 is 1.30 bits per heavy atom. The standard InChI is InChI=1S/C17H12ClF4N3OS/c18-11-8-10(17(20,21)22)9-23-15(11)27-16-24-13-5-3-4-12(19)14(13)25(16)6-1-2-7-26/h3-5,7-9H,1-2,6H2. The van der Waals surface area contributed by atoms with Crippen LogP contribution in [0.2, 0.25) is 5.02 Å². The Hall–Kier alpha value is -2.13. The van der Waals surface area contributed by atoms with Crippen LogP contribution in [0.4, 0.5) is 17.6 Å². The fraction of sp³-hybridized carbons (Fsp3) is 0.235. The fourth-order valence-corrected chi connectivity index (χ4v) is 3.63. The number of carbonyl (C=O) groups is 1. The summed E-state index contributed by atoms with van der Waals surface area (Å²) in [7, 11) is 0. The summed E-state index contributed by atoms with van der Waals surface area (Å²) in [6.45, 7) is 0.316. The highest BCUT2D eigenvalue weighted by atomic mass is 35.5. The van der Waals surface area contributed by atoms with Crippen molar-refractivity contribution >= 4 is 40.7 Å². The molecule has 0 amide bonds. The number of hydrogen-bond acceptors (Lipinski definition) is 4. The van der Waals surface area contributed by atoms with Gasteiger partial charge in [-0.05, 0) is 36.4 Å². The van der Waals surface area contributed by atoms with Crippen LogP contribution in [0, 0.1) is 5.82 Å². The van der Waals surface area contributed by atoms with Crippen LogP contribution >= 0.6 is 23.4 Å². The first kappa shape index (κ1) is 19.6. The monoisotopic (exact) mass is 417 g/mol. The minimum absolute atomic E-state index is 0.122. The van der Waals surface area contributed by atoms with E-state index >= 15 is 0 Å². The Morgan fingerprint density at radius 2 is 2.07 bits per heavy atom. The maximum absolute atomic E-state index is 14.3. The van der Waals surface area contributed by atoms with Gasteiger partial charge >= 0.3 is 6.18 Å². The molecular formula is C17H12ClF4N3OS. The summed E-state index contributed by atoms with van der Waals surface area (Å²) in [5.74, 6) is -0.482. The number of aldehydes is 1. The van der Waals surface area contributed by atoms with Crippen LogP contribution in [0.15, 0.2) is 40.6 Å². The van der Waals surface area contributed by atoms with Gasteiger partial charge in [0.25, 0.3) is 0 Å². The Morgan fingerprint density at radius 3 is 2.74 bits per heavy atom. The van der Waals surface area contributed by atoms with E-state index in [0.29, 0.717) is 29.8 Å². The second-order valence-corrected chi connectivity index (χ2v) is 6.94. The molecule has 2 heterocycles. The lowest BCUT2D eigenvalue weighted by Crippen LogP contribution is -2.06. The molecule has 0 aliphatic heterocycles. The first-order valence-corrected chi connectivity index (χ1v) is 8.99. The largest absolute Gasteiger partial charge is 0.417 e. The molecule has 0 atom stereocenters. The highest BCUT2D eigenvalue weighted by Gasteiger charge is 2.31. The lowest BCUT2D eigenvalue weighted by molar-refractivity contribution is -0.137. The summed E-state index contributed by atoms with van der Waals surface area (Å²) >= 11 is 6.89. The zero-order valence-corrected chi connectivity index (χ0v) is 15.2. The summed E-state index contributed by atoms with van der Waals surface area (Å²) in [5.41, 5.74) is -0.303. The number of rotatable bonds is 6. The fourth-order valence-electron chi connectivity index (χ4n) is 2.48. The summed E-state index contributed by atoms with van der Waals surface area (Å²) in [6.07, 6.45) is -2.35. The number of halogens is 5. The average molecular weight is 418 g/mol. The van der Waals surface area contributed by atoms with E-state index in [1.54, 1.807) is 10.6 Å². The quantitative estimate of drug-likeness (QED) is 0.307. The number of aromatic nitrogens is 3. The predicted octanol–water partition coefficient (Wildman–Crippen LogP) is 5.37. The lowest BCUT2D eigenvalue weighted by atomic mass is 10.3. The molecule has 2 aromatic heterocycles. The molecule has 0 saturated carbocycles. The van der Waals surface area contributed by atoms with Gasteiger partial charge in [-0.25, -0.2) is 14.4 Å². The summed E-state index contributed by atoms with van der Waals surface area (Å²) < 4.78 is 54.1. The SMILES string of the molecule is O=CCCCn1c(Sc2ncc(C(F)(F)F)cc2Cl)nc2cccc(F)c21. The summed E-state index contributed by atoms with van der Waals surface area (Å²) in [5, 5.41) is 0.272. The number of carbonyl (C=O) groups excluding carboxylic acids is 1. The molecule has 3 rings (SSSR count). The molecule has 0 aliphatic carbocycles. The second-order valence-electron chi connectivity index (χ2n) is 5.57. The number of aryl methyl sites for hydroxylation is 1. The van der Waals surface area contributed by atoms with Crippen molar-refractivity contribution in [2.75, 3.05) is 0 Å². The van der Waals surface area contributed by atoms with Gasteiger partial charge < -0.3 is 9.36 Å². The van der Waals surface area contributed by atoms with Gasteiger partial charge in [-0.15, -0.1) is 0 Å². The number of benzene rings is 1. The maximum atomic E-state index is 14.3. The van der Waals surface area contributed by atoms with Crippen LogP contribution in [0.5, 0.6) is 0 Å². The Kier molecular flexibility index (Phi) is 5.71. The zero-order chi connectivity index (χ0) is 19.6. The van der Waals surface area contributed by atoms with Crippen LogP contribution in [-0.2, 0) is 17.5 Å². The van der Waals surface area contributed by atoms with Gasteiger partial charge in [-0.3, -0.25) is 0 Å². The minimum Gasteiger partial charge on any atom is -0.316 e. The molecule has 0 N–H and O–H groups in total. The second kappa shape index (κ2) is 7.85. The van der Waals surface area contributed by atoms with Crippen molar-refractivity contribution in [3.05, 3.63) is 46.9 Å². The molecule has 1 aromatic carbocycles. The highest BCUT2D eigenvalue weighted by molar-refractivity contribution is 7.99. The molecule has 0 spiro atoms. The van der Waals surface area contributed by atoms with Gasteiger partial charge in [0.2, 0.25) is 0 Å². The molecule has 0 radical (unpaired) electrons. The maximum Gasteiger partial charge on any atom is 0.417 e. The zero-order valence-electron chi connectivity index (χ0n) is 13.6. The first-order chi connectivity index (χ1) is 12.8. The summed E-state index contributed by atoms with van der Waals surface area (Å²) in [6, 6.07) is 5.22. The third-order valence-corrected chi connectivity index (χ3v) is 5.12. The molecule has 3 aromatic rings. The van der Waals surface area contributed by atoms with E-state index in [1.165, 1.54) is 12.1 Å². The third-order valence-electron chi connectivity index (χ3n) is 3.71. The lowest BCUT2D eigenvalue weighted by Gasteiger charge is -2.10. The Bertz CT molecular complexity index is 990. The van der Waals surface area contributed by atoms with Gasteiger partial charge in [-0.1, -0.05) is 17.7 Å². The van der Waals surface area contributed by atoms with E-state index in [4.69, 9.17) is 11.6 Å². The third kappa shape index (κ3) is 4.24. The number of hydrogen-bond donors (Lipinski definition) is 0. The molecule has 4 nitrogen and oxygen atoms in total. The van der Waals surface area contributed by atoms with Crippen molar-refractivity contribution in [1.82, 2.24) is 14.5 Å². The number of imidazole rings is 1. The van der Waals surface area contributed by atoms with Gasteiger partial charge in [0.15, 0.2) is 5.16 Å². The van der Waals surface area contributed by atoms with Crippen LogP contribution in [-0.4, -0.2) is 20.8 Å². The van der Waals surface area contributed by atoms with E-state index in [-0.39, 0.29) is 22.0 Å². The predicted molar refractivity (Wildman–Crippen MR) is 93.4 cm³/mol. The van der Waals surface area contributed by atoms with E-state index in [9.17, 15) is 22.4 Å². The Labute approximate surface area is 160 Å². The molecule has 0 aliphatic rings. The number of unbranched alkanes of at least 4 members (excludes halogenated alkanes) is 1. The molecule has 0 unspecified atom stereocenters. The van der Waals surface area contributed by atoms with Crippen LogP contribution < -0.4 is 0 Å². The molecule has 0 saturated heterocycles. The van der Waals surface area contributed by atoms with E-state index in [0.717, 1.165) is 24.1 Å². The van der Waals surface area contributed by atoms with Crippen LogP contribution in [0.3, 0.4) is 0 Å². The van der Waals surface area contributed by atoms with Crippen LogP contribution in [0.25, 0.3) is 11.0 Å². The molecule has 0 bridgehead atoms. The van der Waals surface area contributed by atoms with Crippen molar-refractivity contribution in [3.63, 3.8) is 0 Å². The smallest absolute Gasteiger partial charge is 0.316 e. The normalized spacial score (nSPS) is 11.9. The summed E-state index contributed by atoms with van der Waals surface area (Å²) in [4.78, 5) is 18.7. The number of para-hydroxylation sites is 1. The molecule has 27 heavy (non-hydrogen) atoms. The minimum atomic E-state index is -4.55. The molecule has 10 heteroatoms. The van der Waals surface area contributed by atoms with Crippen molar-refractivity contribution in [3.8, 4) is 0 Å².